The zero-order valence-electron chi connectivity index (χ0n) is 12.3. The van der Waals surface area contributed by atoms with E-state index in [0.29, 0.717) is 16.4 Å². The number of nitrogens with zero attached hydrogens (tertiary/aromatic N) is 1. The third-order valence-corrected chi connectivity index (χ3v) is 6.14. The fourth-order valence-corrected chi connectivity index (χ4v) is 4.51. The topological polar surface area (TPSA) is 71.1 Å². The Morgan fingerprint density at radius 2 is 2.05 bits per heavy atom. The van der Waals surface area contributed by atoms with Gasteiger partial charge in [0, 0.05) is 23.8 Å². The lowest BCUT2D eigenvalue weighted by Gasteiger charge is -2.08. The number of aromatic nitrogens is 1. The summed E-state index contributed by atoms with van der Waals surface area (Å²) < 4.78 is 27.9. The standard InChI is InChI=1S/C14H19N3O2S2/c1-4-15-9-13-10(2)7-14(20-13)21(18,19)17-12-5-6-16-8-11(12)3/h5-8,15H,4,9H2,1-3H3,(H,16,17). The molecule has 114 valence electrons. The number of aryl methyl sites for hydroxylation is 2. The quantitative estimate of drug-likeness (QED) is 0.856. The van der Waals surface area contributed by atoms with Gasteiger partial charge in [-0.3, -0.25) is 9.71 Å². The van der Waals surface area contributed by atoms with Crippen LogP contribution in [0.25, 0.3) is 0 Å². The normalized spacial score (nSPS) is 11.6. The molecule has 0 aromatic carbocycles. The molecule has 2 heterocycles. The zero-order chi connectivity index (χ0) is 15.5. The molecular formula is C14H19N3O2S2. The van der Waals surface area contributed by atoms with Crippen LogP contribution in [0.15, 0.2) is 28.7 Å². The number of nitrogens with one attached hydrogen (secondary N) is 2. The van der Waals surface area contributed by atoms with Crippen LogP contribution in [0.3, 0.4) is 0 Å². The van der Waals surface area contributed by atoms with Gasteiger partial charge in [-0.15, -0.1) is 11.3 Å². The largest absolute Gasteiger partial charge is 0.312 e. The Balaban J connectivity index is 2.26. The molecule has 0 radical (unpaired) electrons. The summed E-state index contributed by atoms with van der Waals surface area (Å²) >= 11 is 1.30. The van der Waals surface area contributed by atoms with Gasteiger partial charge in [0.2, 0.25) is 0 Å². The Morgan fingerprint density at radius 3 is 2.71 bits per heavy atom. The number of rotatable bonds is 6. The van der Waals surface area contributed by atoms with Crippen LogP contribution < -0.4 is 10.0 Å². The SMILES string of the molecule is CCNCc1sc(S(=O)(=O)Nc2ccncc2C)cc1C. The second kappa shape index (κ2) is 6.55. The van der Waals surface area contributed by atoms with E-state index in [1.165, 1.54) is 11.3 Å². The van der Waals surface area contributed by atoms with E-state index in [2.05, 4.69) is 15.0 Å². The first kappa shape index (κ1) is 15.9. The molecule has 0 saturated heterocycles. The molecule has 2 aromatic heterocycles. The highest BCUT2D eigenvalue weighted by Crippen LogP contribution is 2.28. The Bertz CT molecular complexity index is 724. The maximum absolute atomic E-state index is 12.5. The van der Waals surface area contributed by atoms with E-state index in [0.717, 1.165) is 22.5 Å². The van der Waals surface area contributed by atoms with E-state index in [1.54, 1.807) is 24.5 Å². The fourth-order valence-electron chi connectivity index (χ4n) is 1.82. The number of anilines is 1. The number of thiophene rings is 1. The maximum atomic E-state index is 12.5. The van der Waals surface area contributed by atoms with E-state index >= 15 is 0 Å². The molecule has 0 aliphatic heterocycles. The molecule has 7 heteroatoms. The molecule has 5 nitrogen and oxygen atoms in total. The molecule has 2 aromatic rings. The molecular weight excluding hydrogens is 306 g/mol. The average Bonchev–Trinajstić information content (AvgIpc) is 2.81. The van der Waals surface area contributed by atoms with Crippen LogP contribution in [0, 0.1) is 13.8 Å². The van der Waals surface area contributed by atoms with Crippen molar-refractivity contribution >= 4 is 27.0 Å². The van der Waals surface area contributed by atoms with E-state index < -0.39 is 10.0 Å². The second-order valence-corrected chi connectivity index (χ2v) is 7.79. The van der Waals surface area contributed by atoms with Gasteiger partial charge in [0.1, 0.15) is 4.21 Å². The van der Waals surface area contributed by atoms with E-state index in [4.69, 9.17) is 0 Å². The van der Waals surface area contributed by atoms with Crippen molar-refractivity contribution in [3.63, 3.8) is 0 Å². The summed E-state index contributed by atoms with van der Waals surface area (Å²) in [6.45, 7) is 7.32. The molecule has 0 atom stereocenters. The highest BCUT2D eigenvalue weighted by Gasteiger charge is 2.19. The van der Waals surface area contributed by atoms with E-state index in [9.17, 15) is 8.42 Å². The number of hydrogen-bond donors (Lipinski definition) is 2. The maximum Gasteiger partial charge on any atom is 0.271 e. The summed E-state index contributed by atoms with van der Waals surface area (Å²) in [6, 6.07) is 3.38. The number of hydrogen-bond acceptors (Lipinski definition) is 5. The molecule has 0 bridgehead atoms. The molecule has 2 rings (SSSR count). The minimum atomic E-state index is -3.55. The Morgan fingerprint density at radius 1 is 1.29 bits per heavy atom. The molecule has 0 unspecified atom stereocenters. The summed E-state index contributed by atoms with van der Waals surface area (Å²) in [4.78, 5) is 5.00. The van der Waals surface area contributed by atoms with Crippen molar-refractivity contribution in [1.29, 1.82) is 0 Å². The van der Waals surface area contributed by atoms with Crippen LogP contribution in [0.2, 0.25) is 0 Å². The molecule has 2 N–H and O–H groups in total. The van der Waals surface area contributed by atoms with Gasteiger partial charge in [0.05, 0.1) is 5.69 Å². The predicted octanol–water partition coefficient (Wildman–Crippen LogP) is 2.67. The van der Waals surface area contributed by atoms with Gasteiger partial charge >= 0.3 is 0 Å². The zero-order valence-corrected chi connectivity index (χ0v) is 13.9. The van der Waals surface area contributed by atoms with Gasteiger partial charge in [0.25, 0.3) is 10.0 Å². The molecule has 21 heavy (non-hydrogen) atoms. The summed E-state index contributed by atoms with van der Waals surface area (Å²) in [5.74, 6) is 0. The average molecular weight is 325 g/mol. The van der Waals surface area contributed by atoms with Crippen molar-refractivity contribution < 1.29 is 8.42 Å². The Labute approximate surface area is 129 Å². The lowest BCUT2D eigenvalue weighted by molar-refractivity contribution is 0.603. The minimum absolute atomic E-state index is 0.337. The van der Waals surface area contributed by atoms with Gasteiger partial charge in [0.15, 0.2) is 0 Å². The van der Waals surface area contributed by atoms with Crippen LogP contribution in [0.5, 0.6) is 0 Å². The predicted molar refractivity (Wildman–Crippen MR) is 86.2 cm³/mol. The highest BCUT2D eigenvalue weighted by molar-refractivity contribution is 7.94. The van der Waals surface area contributed by atoms with Gasteiger partial charge in [-0.2, -0.15) is 0 Å². The molecule has 0 fully saturated rings. The van der Waals surface area contributed by atoms with Gasteiger partial charge in [-0.1, -0.05) is 6.92 Å². The summed E-state index contributed by atoms with van der Waals surface area (Å²) in [5.41, 5.74) is 2.35. The fraction of sp³-hybridized carbons (Fsp3) is 0.357. The van der Waals surface area contributed by atoms with Crippen molar-refractivity contribution in [2.24, 2.45) is 0 Å². The van der Waals surface area contributed by atoms with Crippen LogP contribution in [-0.4, -0.2) is 19.9 Å². The van der Waals surface area contributed by atoms with Crippen LogP contribution in [-0.2, 0) is 16.6 Å². The monoisotopic (exact) mass is 325 g/mol. The molecule has 0 spiro atoms. The molecule has 0 saturated carbocycles. The van der Waals surface area contributed by atoms with Gasteiger partial charge < -0.3 is 5.32 Å². The third-order valence-electron chi connectivity index (χ3n) is 3.06. The van der Waals surface area contributed by atoms with Gasteiger partial charge in [-0.25, -0.2) is 8.42 Å². The number of pyridine rings is 1. The van der Waals surface area contributed by atoms with E-state index in [1.807, 2.05) is 20.8 Å². The van der Waals surface area contributed by atoms with Crippen molar-refractivity contribution in [2.75, 3.05) is 11.3 Å². The summed E-state index contributed by atoms with van der Waals surface area (Å²) in [5, 5.41) is 3.22. The number of sulfonamides is 1. The molecule has 0 aliphatic rings. The lowest BCUT2D eigenvalue weighted by Crippen LogP contribution is -2.12. The van der Waals surface area contributed by atoms with Crippen molar-refractivity contribution in [2.45, 2.75) is 31.5 Å². The van der Waals surface area contributed by atoms with Gasteiger partial charge in [-0.05, 0) is 43.7 Å². The Kier molecular flexibility index (Phi) is 4.97. The summed E-state index contributed by atoms with van der Waals surface area (Å²) in [7, 11) is -3.55. The first-order chi connectivity index (χ1) is 9.94. The van der Waals surface area contributed by atoms with Crippen molar-refractivity contribution in [3.8, 4) is 0 Å². The summed E-state index contributed by atoms with van der Waals surface area (Å²) in [6.07, 6.45) is 3.20. The molecule has 0 amide bonds. The van der Waals surface area contributed by atoms with Crippen LogP contribution >= 0.6 is 11.3 Å². The highest BCUT2D eigenvalue weighted by atomic mass is 32.2. The van der Waals surface area contributed by atoms with Crippen LogP contribution in [0.1, 0.15) is 22.9 Å². The smallest absolute Gasteiger partial charge is 0.271 e. The lowest BCUT2D eigenvalue weighted by atomic mass is 10.3. The molecule has 0 aliphatic carbocycles. The first-order valence-corrected chi connectivity index (χ1v) is 8.97. The van der Waals surface area contributed by atoms with Crippen molar-refractivity contribution in [1.82, 2.24) is 10.3 Å². The Hall–Kier alpha value is -1.44. The van der Waals surface area contributed by atoms with Crippen molar-refractivity contribution in [3.05, 3.63) is 40.5 Å². The first-order valence-electron chi connectivity index (χ1n) is 6.67. The second-order valence-electron chi connectivity index (χ2n) is 4.75. The van der Waals surface area contributed by atoms with E-state index in [-0.39, 0.29) is 0 Å². The third kappa shape index (κ3) is 3.81. The minimum Gasteiger partial charge on any atom is -0.312 e. The van der Waals surface area contributed by atoms with Crippen LogP contribution in [0.4, 0.5) is 5.69 Å².